The second kappa shape index (κ2) is 8.44. The third-order valence-electron chi connectivity index (χ3n) is 3.66. The van der Waals surface area contributed by atoms with Gasteiger partial charge in [-0.1, -0.05) is 40.2 Å². The molecule has 142 valence electrons. The van der Waals surface area contributed by atoms with Gasteiger partial charge in [0.15, 0.2) is 0 Å². The number of hydrogen-bond donors (Lipinski definition) is 2. The van der Waals surface area contributed by atoms with E-state index in [0.29, 0.717) is 5.56 Å². The van der Waals surface area contributed by atoms with Crippen LogP contribution in [0.2, 0.25) is 0 Å². The molecule has 0 saturated heterocycles. The molecule has 0 aliphatic heterocycles. The van der Waals surface area contributed by atoms with Crippen LogP contribution in [-0.4, -0.2) is 31.9 Å². The lowest BCUT2D eigenvalue weighted by Gasteiger charge is -2.01. The van der Waals surface area contributed by atoms with E-state index in [-0.39, 0.29) is 18.0 Å². The lowest BCUT2D eigenvalue weighted by atomic mass is 10.2. The average molecular weight is 444 g/mol. The molecule has 1 heterocycles. The Morgan fingerprint density at radius 2 is 2.07 bits per heavy atom. The number of phenols is 1. The number of amides is 1. The van der Waals surface area contributed by atoms with E-state index in [4.69, 9.17) is 0 Å². The van der Waals surface area contributed by atoms with Crippen molar-refractivity contribution in [3.63, 3.8) is 0 Å². The number of rotatable bonds is 6. The number of nitro groups is 1. The normalized spacial score (nSPS) is 10.9. The molecule has 1 amide bonds. The zero-order valence-electron chi connectivity index (χ0n) is 14.3. The zero-order valence-corrected chi connectivity index (χ0v) is 15.9. The topological polar surface area (TPSA) is 123 Å². The molecule has 2 N–H and O–H groups in total. The highest BCUT2D eigenvalue weighted by Crippen LogP contribution is 2.18. The van der Waals surface area contributed by atoms with E-state index in [2.05, 4.69) is 31.6 Å². The second-order valence-electron chi connectivity index (χ2n) is 5.74. The Morgan fingerprint density at radius 1 is 1.32 bits per heavy atom. The number of nitrogens with zero attached hydrogens (tertiary/aromatic N) is 4. The minimum atomic E-state index is -0.808. The van der Waals surface area contributed by atoms with Gasteiger partial charge in [-0.15, -0.1) is 0 Å². The number of phenolic OH excluding ortho intramolecular Hbond substituents is 1. The van der Waals surface area contributed by atoms with Crippen LogP contribution in [0.3, 0.4) is 0 Å². The quantitative estimate of drug-likeness (QED) is 0.344. The van der Waals surface area contributed by atoms with Crippen molar-refractivity contribution in [2.45, 2.75) is 6.54 Å². The number of hydrogen-bond acceptors (Lipinski definition) is 6. The third-order valence-corrected chi connectivity index (χ3v) is 4.19. The summed E-state index contributed by atoms with van der Waals surface area (Å²) in [7, 11) is 0. The van der Waals surface area contributed by atoms with Crippen LogP contribution >= 0.6 is 15.9 Å². The first-order valence-corrected chi connectivity index (χ1v) is 8.80. The van der Waals surface area contributed by atoms with Gasteiger partial charge in [-0.25, -0.2) is 5.43 Å². The second-order valence-corrected chi connectivity index (χ2v) is 6.65. The van der Waals surface area contributed by atoms with Gasteiger partial charge in [0.1, 0.15) is 11.9 Å². The molecule has 3 aromatic rings. The van der Waals surface area contributed by atoms with Gasteiger partial charge in [0.05, 0.1) is 17.7 Å². The Labute approximate surface area is 167 Å². The van der Waals surface area contributed by atoms with Crippen LogP contribution in [0.5, 0.6) is 5.75 Å². The van der Waals surface area contributed by atoms with Crippen LogP contribution in [0.4, 0.5) is 5.69 Å². The highest BCUT2D eigenvalue weighted by Gasteiger charge is 2.25. The van der Waals surface area contributed by atoms with Crippen molar-refractivity contribution < 1.29 is 14.8 Å². The van der Waals surface area contributed by atoms with E-state index >= 15 is 0 Å². The van der Waals surface area contributed by atoms with Crippen molar-refractivity contribution >= 4 is 33.7 Å². The molecule has 0 fully saturated rings. The first-order chi connectivity index (χ1) is 13.4. The summed E-state index contributed by atoms with van der Waals surface area (Å²) in [6.45, 7) is 0.272. The Morgan fingerprint density at radius 3 is 2.75 bits per heavy atom. The number of benzene rings is 2. The molecule has 10 heteroatoms. The van der Waals surface area contributed by atoms with Gasteiger partial charge in [0, 0.05) is 4.47 Å². The summed E-state index contributed by atoms with van der Waals surface area (Å²) in [5, 5.41) is 28.4. The zero-order chi connectivity index (χ0) is 20.1. The van der Waals surface area contributed by atoms with Crippen molar-refractivity contribution in [1.82, 2.24) is 15.2 Å². The molecule has 0 unspecified atom stereocenters. The SMILES string of the molecule is O=C(N/N=C/c1cccc(O)c1)c1nn(Cc2ccc(Br)cc2)cc1[N+](=O)[O-]. The lowest BCUT2D eigenvalue weighted by Crippen LogP contribution is -2.19. The maximum atomic E-state index is 12.3. The van der Waals surface area contributed by atoms with Crippen LogP contribution in [0, 0.1) is 10.1 Å². The first kappa shape index (κ1) is 19.2. The summed E-state index contributed by atoms with van der Waals surface area (Å²) in [5.41, 5.74) is 2.88. The monoisotopic (exact) mass is 443 g/mol. The van der Waals surface area contributed by atoms with Crippen LogP contribution in [0.15, 0.2) is 64.3 Å². The Balaban J connectivity index is 1.76. The molecule has 28 heavy (non-hydrogen) atoms. The fourth-order valence-corrected chi connectivity index (χ4v) is 2.65. The molecule has 0 radical (unpaired) electrons. The van der Waals surface area contributed by atoms with Gasteiger partial charge in [-0.05, 0) is 35.4 Å². The molecule has 0 aliphatic rings. The molecule has 0 bridgehead atoms. The van der Waals surface area contributed by atoms with E-state index in [1.54, 1.807) is 12.1 Å². The van der Waals surface area contributed by atoms with Crippen molar-refractivity contribution in [2.75, 3.05) is 0 Å². The van der Waals surface area contributed by atoms with Crippen LogP contribution < -0.4 is 5.43 Å². The number of aromatic nitrogens is 2. The molecule has 0 spiro atoms. The van der Waals surface area contributed by atoms with E-state index in [1.165, 1.54) is 29.2 Å². The Bertz CT molecular complexity index is 1050. The summed E-state index contributed by atoms with van der Waals surface area (Å²) in [5.74, 6) is -0.754. The molecule has 1 aromatic heterocycles. The Kier molecular flexibility index (Phi) is 5.80. The molecule has 3 rings (SSSR count). The predicted octanol–water partition coefficient (Wildman–Crippen LogP) is 3.07. The maximum absolute atomic E-state index is 12.3. The van der Waals surface area contributed by atoms with Crippen molar-refractivity contribution in [3.8, 4) is 5.75 Å². The average Bonchev–Trinajstić information content (AvgIpc) is 3.08. The fraction of sp³-hybridized carbons (Fsp3) is 0.0556. The van der Waals surface area contributed by atoms with Crippen molar-refractivity contribution in [1.29, 1.82) is 0 Å². The van der Waals surface area contributed by atoms with Crippen molar-refractivity contribution in [2.24, 2.45) is 5.10 Å². The largest absolute Gasteiger partial charge is 0.508 e. The molecular formula is C18H14BrN5O4. The minimum absolute atomic E-state index is 0.0533. The fourth-order valence-electron chi connectivity index (χ4n) is 2.39. The summed E-state index contributed by atoms with van der Waals surface area (Å²) < 4.78 is 2.24. The van der Waals surface area contributed by atoms with Gasteiger partial charge in [-0.2, -0.15) is 10.2 Å². The number of nitrogens with one attached hydrogen (secondary N) is 1. The standard InChI is InChI=1S/C18H14BrN5O4/c19-14-6-4-12(5-7-14)10-23-11-16(24(27)28)17(22-23)18(26)21-20-9-13-2-1-3-15(25)8-13/h1-9,11,25H,10H2,(H,21,26)/b20-9+. The van der Waals surface area contributed by atoms with Crippen LogP contribution in [0.25, 0.3) is 0 Å². The van der Waals surface area contributed by atoms with Gasteiger partial charge in [0.25, 0.3) is 5.91 Å². The number of carbonyl (C=O) groups is 1. The highest BCUT2D eigenvalue weighted by atomic mass is 79.9. The van der Waals surface area contributed by atoms with E-state index in [9.17, 15) is 20.0 Å². The van der Waals surface area contributed by atoms with Gasteiger partial charge in [-0.3, -0.25) is 19.6 Å². The minimum Gasteiger partial charge on any atom is -0.508 e. The number of aromatic hydroxyl groups is 1. The number of hydrazone groups is 1. The van der Waals surface area contributed by atoms with Crippen LogP contribution in [0.1, 0.15) is 21.6 Å². The van der Waals surface area contributed by atoms with Gasteiger partial charge >= 0.3 is 5.69 Å². The van der Waals surface area contributed by atoms with E-state index in [1.807, 2.05) is 24.3 Å². The Hall–Kier alpha value is -3.53. The molecule has 0 aliphatic carbocycles. The molecular weight excluding hydrogens is 430 g/mol. The third kappa shape index (κ3) is 4.80. The van der Waals surface area contributed by atoms with E-state index in [0.717, 1.165) is 10.0 Å². The maximum Gasteiger partial charge on any atom is 0.320 e. The van der Waals surface area contributed by atoms with Gasteiger partial charge < -0.3 is 5.11 Å². The number of halogens is 1. The summed E-state index contributed by atoms with van der Waals surface area (Å²) in [6.07, 6.45) is 2.51. The molecule has 0 atom stereocenters. The smallest absolute Gasteiger partial charge is 0.320 e. The van der Waals surface area contributed by atoms with Gasteiger partial charge in [0.2, 0.25) is 5.69 Å². The molecule has 0 saturated carbocycles. The molecule has 9 nitrogen and oxygen atoms in total. The predicted molar refractivity (Wildman–Crippen MR) is 105 cm³/mol. The first-order valence-electron chi connectivity index (χ1n) is 8.01. The highest BCUT2D eigenvalue weighted by molar-refractivity contribution is 9.10. The molecule has 2 aromatic carbocycles. The van der Waals surface area contributed by atoms with E-state index < -0.39 is 16.5 Å². The number of carbonyl (C=O) groups excluding carboxylic acids is 1. The lowest BCUT2D eigenvalue weighted by molar-refractivity contribution is -0.385. The summed E-state index contributed by atoms with van der Waals surface area (Å²) in [6, 6.07) is 13.6. The summed E-state index contributed by atoms with van der Waals surface area (Å²) in [4.78, 5) is 22.9. The van der Waals surface area contributed by atoms with Crippen LogP contribution in [-0.2, 0) is 6.54 Å². The van der Waals surface area contributed by atoms with Crippen molar-refractivity contribution in [3.05, 3.63) is 86.1 Å². The summed E-state index contributed by atoms with van der Waals surface area (Å²) >= 11 is 3.34.